The van der Waals surface area contributed by atoms with Crippen LogP contribution in [0.3, 0.4) is 0 Å². The average molecular weight is 635 g/mol. The van der Waals surface area contributed by atoms with E-state index in [9.17, 15) is 0 Å². The molecule has 4 N–H and O–H groups in total. The van der Waals surface area contributed by atoms with Crippen LogP contribution in [0.2, 0.25) is 0 Å². The number of hydrogen-bond acceptors (Lipinski definition) is 14. The van der Waals surface area contributed by atoms with Gasteiger partial charge in [0, 0.05) is 37.2 Å². The van der Waals surface area contributed by atoms with Crippen molar-refractivity contribution >= 4 is 11.4 Å². The van der Waals surface area contributed by atoms with Gasteiger partial charge in [0.05, 0.1) is 22.8 Å². The van der Waals surface area contributed by atoms with Gasteiger partial charge in [-0.25, -0.2) is 37.3 Å². The number of nitrogens with zero attached hydrogens (tertiary/aromatic N) is 4. The fourth-order valence-electron chi connectivity index (χ4n) is 2.10. The van der Waals surface area contributed by atoms with Crippen molar-refractivity contribution in [1.82, 2.24) is 19.9 Å². The number of nitrogen functional groups attached to an aromatic ring is 2. The molecule has 39 heavy (non-hydrogen) atoms. The molecule has 17 heteroatoms. The van der Waals surface area contributed by atoms with E-state index in [1.54, 1.807) is 49.1 Å². The normalized spacial score (nSPS) is 9.79. The van der Waals surface area contributed by atoms with Gasteiger partial charge >= 0.3 is 17.1 Å². The van der Waals surface area contributed by atoms with E-state index in [0.29, 0.717) is 11.4 Å². The summed E-state index contributed by atoms with van der Waals surface area (Å²) in [6, 6.07) is 15.3. The summed E-state index contributed by atoms with van der Waals surface area (Å²) < 4.78 is 67.9. The second-order valence-electron chi connectivity index (χ2n) is 6.77. The topological polar surface area (TPSA) is 288 Å². The summed E-state index contributed by atoms with van der Waals surface area (Å²) in [5.41, 5.74) is 16.3. The summed E-state index contributed by atoms with van der Waals surface area (Å²) in [5, 5.41) is 0. The van der Waals surface area contributed by atoms with E-state index in [1.807, 2.05) is 36.7 Å². The molecule has 0 atom stereocenters. The number of aryl methyl sites for hydroxylation is 2. The van der Waals surface area contributed by atoms with Gasteiger partial charge in [-0.3, -0.25) is 19.9 Å². The number of pyridine rings is 4. The van der Waals surface area contributed by atoms with Gasteiger partial charge in [-0.2, -0.15) is 0 Å². The van der Waals surface area contributed by atoms with Gasteiger partial charge in [0.15, 0.2) is 0 Å². The first-order valence-corrected chi connectivity index (χ1v) is 12.4. The van der Waals surface area contributed by atoms with Crippen molar-refractivity contribution in [2.45, 2.75) is 13.8 Å². The van der Waals surface area contributed by atoms with Gasteiger partial charge in [-0.15, -0.1) is 20.5 Å². The van der Waals surface area contributed by atoms with Crippen molar-refractivity contribution in [1.29, 1.82) is 0 Å². The Hall–Kier alpha value is -3.02. The van der Waals surface area contributed by atoms with E-state index in [1.165, 1.54) is 11.1 Å². The Bertz CT molecular complexity index is 1070. The molecule has 0 aliphatic carbocycles. The fraction of sp³-hybridized carbons (Fsp3) is 0.0909. The molecule has 0 aliphatic rings. The molecule has 0 bridgehead atoms. The SMILES string of the molecule is Cc1ccnc(-c2cc(C)ccn2)c1.Nc1cccnc1.Nc1cccnc1.[Cu+2].[O-][Cl+3]([O-])([O-])[O-].[O-][Cl+3]([O-])([O-])[O-]. The van der Waals surface area contributed by atoms with Gasteiger partial charge in [-0.1, -0.05) is 0 Å². The quantitative estimate of drug-likeness (QED) is 0.185. The Morgan fingerprint density at radius 2 is 0.872 bits per heavy atom. The van der Waals surface area contributed by atoms with Crippen LogP contribution in [0.4, 0.5) is 11.4 Å². The second-order valence-corrected chi connectivity index (χ2v) is 8.28. The standard InChI is InChI=1S/C12H12N2.2C5H6N2.2ClHO4.Cu/c1-9-3-5-13-11(7-9)12-8-10(2)4-6-14-12;2*6-5-2-1-3-7-4-5;2*2-1(3,4)5;/h3-8H,1-2H3;2*1-4H,6H2;2*(H,2,3,4,5);/q;;;;;+2/p-2. The first-order valence-electron chi connectivity index (χ1n) is 9.94. The zero-order valence-electron chi connectivity index (χ0n) is 20.3. The van der Waals surface area contributed by atoms with Crippen LogP contribution >= 0.6 is 0 Å². The summed E-state index contributed by atoms with van der Waals surface area (Å²) in [4.78, 5) is 16.1. The third-order valence-electron chi connectivity index (χ3n) is 3.46. The number of nitrogens with two attached hydrogens (primary N) is 2. The minimum atomic E-state index is -4.94. The zero-order chi connectivity index (χ0) is 29.2. The number of aromatic nitrogens is 4. The second kappa shape index (κ2) is 20.0. The molecular weight excluding hydrogens is 611 g/mol. The molecule has 0 aliphatic heterocycles. The maximum Gasteiger partial charge on any atom is 2.00 e. The van der Waals surface area contributed by atoms with Crippen LogP contribution in [0.1, 0.15) is 11.1 Å². The first kappa shape index (κ1) is 38.1. The Labute approximate surface area is 239 Å². The molecule has 0 saturated carbocycles. The Morgan fingerprint density at radius 1 is 0.564 bits per heavy atom. The molecule has 0 amide bonds. The predicted molar refractivity (Wildman–Crippen MR) is 114 cm³/mol. The van der Waals surface area contributed by atoms with E-state index >= 15 is 0 Å². The van der Waals surface area contributed by atoms with Crippen LogP contribution in [-0.4, -0.2) is 19.9 Å². The van der Waals surface area contributed by atoms with Crippen LogP contribution in [0.25, 0.3) is 11.4 Å². The minimum Gasteiger partial charge on any atom is -0.397 e. The number of hydrogen-bond donors (Lipinski definition) is 2. The third-order valence-corrected chi connectivity index (χ3v) is 3.46. The van der Waals surface area contributed by atoms with Crippen molar-refractivity contribution in [3.63, 3.8) is 0 Å². The molecule has 4 aromatic heterocycles. The van der Waals surface area contributed by atoms with Crippen molar-refractivity contribution < 1.29 is 74.8 Å². The monoisotopic (exact) mass is 633 g/mol. The molecule has 0 saturated heterocycles. The molecule has 0 spiro atoms. The molecule has 4 aromatic rings. The Kier molecular flexibility index (Phi) is 19.5. The molecule has 215 valence electrons. The van der Waals surface area contributed by atoms with Crippen molar-refractivity contribution in [2.24, 2.45) is 0 Å². The minimum absolute atomic E-state index is 0. The maximum atomic E-state index is 8.49. The average Bonchev–Trinajstić information content (AvgIpc) is 2.79. The molecule has 0 unspecified atom stereocenters. The van der Waals surface area contributed by atoms with E-state index in [-0.39, 0.29) is 17.1 Å². The summed E-state index contributed by atoms with van der Waals surface area (Å²) in [7, 11) is -9.89. The molecule has 4 heterocycles. The number of anilines is 2. The fourth-order valence-corrected chi connectivity index (χ4v) is 2.10. The Morgan fingerprint density at radius 3 is 1.05 bits per heavy atom. The summed E-state index contributed by atoms with van der Waals surface area (Å²) in [6.45, 7) is 4.11. The first-order chi connectivity index (χ1) is 17.5. The molecule has 0 fully saturated rings. The smallest absolute Gasteiger partial charge is 0.397 e. The number of rotatable bonds is 1. The van der Waals surface area contributed by atoms with Gasteiger partial charge in [0.2, 0.25) is 0 Å². The Balaban J connectivity index is 0. The molecule has 14 nitrogen and oxygen atoms in total. The molecule has 4 rings (SSSR count). The van der Waals surface area contributed by atoms with Gasteiger partial charge in [0.1, 0.15) is 0 Å². The summed E-state index contributed by atoms with van der Waals surface area (Å²) in [6.07, 6.45) is 10.2. The van der Waals surface area contributed by atoms with Gasteiger partial charge < -0.3 is 11.5 Å². The largest absolute Gasteiger partial charge is 2.00 e. The van der Waals surface area contributed by atoms with Crippen molar-refractivity contribution in [2.75, 3.05) is 11.5 Å². The molecular formula is C22H24Cl2CuN6O8. The third kappa shape index (κ3) is 27.8. The van der Waals surface area contributed by atoms with Crippen molar-refractivity contribution in [3.8, 4) is 11.4 Å². The van der Waals surface area contributed by atoms with E-state index < -0.39 is 20.5 Å². The van der Waals surface area contributed by atoms with Crippen LogP contribution < -0.4 is 48.7 Å². The number of halogens is 2. The van der Waals surface area contributed by atoms with Gasteiger partial charge in [0.25, 0.3) is 0 Å². The van der Waals surface area contributed by atoms with Crippen LogP contribution in [0.5, 0.6) is 0 Å². The summed E-state index contributed by atoms with van der Waals surface area (Å²) in [5.74, 6) is 0. The maximum absolute atomic E-state index is 8.49. The van der Waals surface area contributed by atoms with Crippen LogP contribution in [0.15, 0.2) is 85.7 Å². The summed E-state index contributed by atoms with van der Waals surface area (Å²) >= 11 is 0. The molecule has 1 radical (unpaired) electrons. The van der Waals surface area contributed by atoms with Crippen LogP contribution in [-0.2, 0) is 17.1 Å². The zero-order valence-corrected chi connectivity index (χ0v) is 22.8. The van der Waals surface area contributed by atoms with E-state index in [2.05, 4.69) is 33.8 Å². The predicted octanol–water partition coefficient (Wildman–Crippen LogP) is -5.43. The van der Waals surface area contributed by atoms with Gasteiger partial charge in [-0.05, 0) is 73.5 Å². The van der Waals surface area contributed by atoms with E-state index in [0.717, 1.165) is 11.4 Å². The van der Waals surface area contributed by atoms with Crippen LogP contribution in [0, 0.1) is 34.3 Å². The molecule has 0 aromatic carbocycles. The van der Waals surface area contributed by atoms with E-state index in [4.69, 9.17) is 48.7 Å². The van der Waals surface area contributed by atoms with Crippen molar-refractivity contribution in [3.05, 3.63) is 96.8 Å².